The lowest BCUT2D eigenvalue weighted by Crippen LogP contribution is -2.32. The van der Waals surface area contributed by atoms with Gasteiger partial charge in [-0.2, -0.15) is 0 Å². The van der Waals surface area contributed by atoms with E-state index in [4.69, 9.17) is 5.73 Å². The van der Waals surface area contributed by atoms with Crippen molar-refractivity contribution in [2.45, 2.75) is 52.4 Å². The Bertz CT molecular complexity index is 275. The van der Waals surface area contributed by atoms with Crippen LogP contribution in [0.2, 0.25) is 0 Å². The van der Waals surface area contributed by atoms with Crippen LogP contribution in [0.4, 0.5) is 0 Å². The van der Waals surface area contributed by atoms with Crippen molar-refractivity contribution in [3.63, 3.8) is 0 Å². The standard InChI is InChI=1S/C14H26N2O2/c1-3-5-6-7-8-9-10-12(11-13(15)17)14(18)16-4-2/h9-10,12H,3-8,11H2,1-2H3,(H2,15,17)(H,16,18). The van der Waals surface area contributed by atoms with Gasteiger partial charge in [0, 0.05) is 13.0 Å². The lowest BCUT2D eigenvalue weighted by molar-refractivity contribution is -0.127. The average Bonchev–Trinajstić information content (AvgIpc) is 2.32. The maximum atomic E-state index is 11.7. The summed E-state index contributed by atoms with van der Waals surface area (Å²) in [6.07, 6.45) is 9.62. The van der Waals surface area contributed by atoms with Crippen molar-refractivity contribution in [2.24, 2.45) is 11.7 Å². The Labute approximate surface area is 110 Å². The van der Waals surface area contributed by atoms with Crippen molar-refractivity contribution in [2.75, 3.05) is 6.54 Å². The van der Waals surface area contributed by atoms with E-state index in [0.29, 0.717) is 6.54 Å². The molecule has 4 nitrogen and oxygen atoms in total. The van der Waals surface area contributed by atoms with Crippen molar-refractivity contribution in [1.29, 1.82) is 0 Å². The zero-order valence-electron chi connectivity index (χ0n) is 11.6. The van der Waals surface area contributed by atoms with Gasteiger partial charge in [-0.15, -0.1) is 0 Å². The van der Waals surface area contributed by atoms with Crippen LogP contribution in [0.1, 0.15) is 52.4 Å². The van der Waals surface area contributed by atoms with Crippen LogP contribution in [0.25, 0.3) is 0 Å². The molecule has 0 rings (SSSR count). The van der Waals surface area contributed by atoms with Crippen LogP contribution in [-0.2, 0) is 9.59 Å². The van der Waals surface area contributed by atoms with Crippen LogP contribution in [-0.4, -0.2) is 18.4 Å². The molecule has 0 saturated heterocycles. The van der Waals surface area contributed by atoms with E-state index in [-0.39, 0.29) is 12.3 Å². The van der Waals surface area contributed by atoms with Gasteiger partial charge in [0.25, 0.3) is 0 Å². The fraction of sp³-hybridized carbons (Fsp3) is 0.714. The molecule has 0 radical (unpaired) electrons. The molecule has 0 aliphatic carbocycles. The second-order valence-electron chi connectivity index (χ2n) is 4.45. The van der Waals surface area contributed by atoms with Gasteiger partial charge in [-0.25, -0.2) is 0 Å². The van der Waals surface area contributed by atoms with Crippen molar-refractivity contribution in [3.05, 3.63) is 12.2 Å². The Morgan fingerprint density at radius 2 is 1.94 bits per heavy atom. The maximum Gasteiger partial charge on any atom is 0.227 e. The highest BCUT2D eigenvalue weighted by atomic mass is 16.2. The Balaban J connectivity index is 4.10. The number of rotatable bonds is 10. The molecule has 1 atom stereocenters. The number of amides is 2. The van der Waals surface area contributed by atoms with E-state index in [2.05, 4.69) is 12.2 Å². The molecular weight excluding hydrogens is 228 g/mol. The Hall–Kier alpha value is -1.32. The summed E-state index contributed by atoms with van der Waals surface area (Å²) >= 11 is 0. The van der Waals surface area contributed by atoms with Crippen LogP contribution >= 0.6 is 0 Å². The molecule has 4 heteroatoms. The van der Waals surface area contributed by atoms with Gasteiger partial charge in [0.2, 0.25) is 11.8 Å². The lowest BCUT2D eigenvalue weighted by atomic mass is 10.0. The minimum Gasteiger partial charge on any atom is -0.370 e. The first-order chi connectivity index (χ1) is 8.61. The summed E-state index contributed by atoms with van der Waals surface area (Å²) in [6.45, 7) is 4.60. The number of unbranched alkanes of at least 4 members (excludes halogenated alkanes) is 4. The summed E-state index contributed by atoms with van der Waals surface area (Å²) in [5, 5.41) is 2.71. The smallest absolute Gasteiger partial charge is 0.227 e. The summed E-state index contributed by atoms with van der Waals surface area (Å²) in [5.41, 5.74) is 5.14. The monoisotopic (exact) mass is 254 g/mol. The predicted octanol–water partition coefficient (Wildman–Crippen LogP) is 2.14. The van der Waals surface area contributed by atoms with Crippen molar-refractivity contribution in [3.8, 4) is 0 Å². The number of nitrogens with two attached hydrogens (primary N) is 1. The molecule has 18 heavy (non-hydrogen) atoms. The molecule has 0 heterocycles. The fourth-order valence-corrected chi connectivity index (χ4v) is 1.72. The summed E-state index contributed by atoms with van der Waals surface area (Å²) in [7, 11) is 0. The lowest BCUT2D eigenvalue weighted by Gasteiger charge is -2.10. The molecule has 0 fully saturated rings. The first-order valence-electron chi connectivity index (χ1n) is 6.84. The largest absolute Gasteiger partial charge is 0.370 e. The molecule has 1 unspecified atom stereocenters. The Morgan fingerprint density at radius 3 is 2.50 bits per heavy atom. The number of allylic oxidation sites excluding steroid dienone is 1. The number of primary amides is 1. The molecule has 0 aromatic carbocycles. The van der Waals surface area contributed by atoms with Crippen LogP contribution < -0.4 is 11.1 Å². The molecule has 0 aromatic rings. The molecule has 104 valence electrons. The summed E-state index contributed by atoms with van der Waals surface area (Å²) in [5.74, 6) is -0.989. The average molecular weight is 254 g/mol. The highest BCUT2D eigenvalue weighted by molar-refractivity contribution is 5.86. The third kappa shape index (κ3) is 8.79. The van der Waals surface area contributed by atoms with Gasteiger partial charge < -0.3 is 11.1 Å². The summed E-state index contributed by atoms with van der Waals surface area (Å²) in [4.78, 5) is 22.6. The molecular formula is C14H26N2O2. The molecule has 0 aliphatic rings. The zero-order chi connectivity index (χ0) is 13.8. The van der Waals surface area contributed by atoms with Crippen molar-refractivity contribution < 1.29 is 9.59 Å². The van der Waals surface area contributed by atoms with E-state index in [1.54, 1.807) is 0 Å². The van der Waals surface area contributed by atoms with Gasteiger partial charge >= 0.3 is 0 Å². The van der Waals surface area contributed by atoms with Crippen LogP contribution in [0.5, 0.6) is 0 Å². The van der Waals surface area contributed by atoms with E-state index in [1.165, 1.54) is 19.3 Å². The first kappa shape index (κ1) is 16.7. The van der Waals surface area contributed by atoms with Crippen molar-refractivity contribution >= 4 is 11.8 Å². The van der Waals surface area contributed by atoms with E-state index < -0.39 is 11.8 Å². The molecule has 3 N–H and O–H groups in total. The number of carbonyl (C=O) groups excluding carboxylic acids is 2. The van der Waals surface area contributed by atoms with Gasteiger partial charge in [0.05, 0.1) is 5.92 Å². The summed E-state index contributed by atoms with van der Waals surface area (Å²) < 4.78 is 0. The van der Waals surface area contributed by atoms with Gasteiger partial charge in [-0.1, -0.05) is 38.3 Å². The van der Waals surface area contributed by atoms with Crippen LogP contribution in [0.15, 0.2) is 12.2 Å². The van der Waals surface area contributed by atoms with Gasteiger partial charge in [0.1, 0.15) is 0 Å². The third-order valence-electron chi connectivity index (χ3n) is 2.70. The highest BCUT2D eigenvalue weighted by Crippen LogP contribution is 2.08. The number of hydrogen-bond donors (Lipinski definition) is 2. The Kier molecular flexibility index (Phi) is 10.0. The molecule has 0 aromatic heterocycles. The fourth-order valence-electron chi connectivity index (χ4n) is 1.72. The maximum absolute atomic E-state index is 11.7. The zero-order valence-corrected chi connectivity index (χ0v) is 11.6. The highest BCUT2D eigenvalue weighted by Gasteiger charge is 2.16. The SMILES string of the molecule is CCCCCCC=CC(CC(N)=O)C(=O)NCC. The number of hydrogen-bond acceptors (Lipinski definition) is 2. The quantitative estimate of drug-likeness (QED) is 0.463. The van der Waals surface area contributed by atoms with Crippen LogP contribution in [0, 0.1) is 5.92 Å². The summed E-state index contributed by atoms with van der Waals surface area (Å²) in [6, 6.07) is 0. The van der Waals surface area contributed by atoms with E-state index in [9.17, 15) is 9.59 Å². The Morgan fingerprint density at radius 1 is 1.22 bits per heavy atom. The number of nitrogens with one attached hydrogen (secondary N) is 1. The van der Waals surface area contributed by atoms with Crippen LogP contribution in [0.3, 0.4) is 0 Å². The van der Waals surface area contributed by atoms with Gasteiger partial charge in [0.15, 0.2) is 0 Å². The second kappa shape index (κ2) is 10.8. The van der Waals surface area contributed by atoms with E-state index >= 15 is 0 Å². The number of carbonyl (C=O) groups is 2. The molecule has 0 aliphatic heterocycles. The second-order valence-corrected chi connectivity index (χ2v) is 4.45. The topological polar surface area (TPSA) is 72.2 Å². The van der Waals surface area contributed by atoms with Gasteiger partial charge in [-0.05, 0) is 19.8 Å². The van der Waals surface area contributed by atoms with E-state index in [1.807, 2.05) is 19.1 Å². The first-order valence-corrected chi connectivity index (χ1v) is 6.84. The molecule has 0 spiro atoms. The normalized spacial score (nSPS) is 12.6. The molecule has 0 saturated carbocycles. The van der Waals surface area contributed by atoms with Gasteiger partial charge in [-0.3, -0.25) is 9.59 Å². The van der Waals surface area contributed by atoms with Crippen molar-refractivity contribution in [1.82, 2.24) is 5.32 Å². The minimum absolute atomic E-state index is 0.0806. The minimum atomic E-state index is -0.443. The predicted molar refractivity (Wildman–Crippen MR) is 73.9 cm³/mol. The van der Waals surface area contributed by atoms with E-state index in [0.717, 1.165) is 12.8 Å². The molecule has 2 amide bonds. The molecule has 0 bridgehead atoms. The third-order valence-corrected chi connectivity index (χ3v) is 2.70.